The molecular formula is C15H24N2O2S. The van der Waals surface area contributed by atoms with E-state index < -0.39 is 10.0 Å². The molecule has 0 spiro atoms. The zero-order chi connectivity index (χ0) is 15.5. The van der Waals surface area contributed by atoms with Crippen LogP contribution in [0.5, 0.6) is 0 Å². The molecule has 0 atom stereocenters. The van der Waals surface area contributed by atoms with Crippen molar-refractivity contribution < 1.29 is 8.42 Å². The van der Waals surface area contributed by atoms with Crippen molar-refractivity contribution in [3.63, 3.8) is 0 Å². The van der Waals surface area contributed by atoms with E-state index in [4.69, 9.17) is 5.73 Å². The number of anilines is 1. The van der Waals surface area contributed by atoms with Crippen LogP contribution in [0.3, 0.4) is 0 Å². The predicted octanol–water partition coefficient (Wildman–Crippen LogP) is 2.60. The lowest BCUT2D eigenvalue weighted by molar-refractivity contribution is 0.457. The van der Waals surface area contributed by atoms with Gasteiger partial charge in [0.05, 0.1) is 4.90 Å². The van der Waals surface area contributed by atoms with Crippen molar-refractivity contribution in [2.45, 2.75) is 52.5 Å². The largest absolute Gasteiger partial charge is 0.399 e. The van der Waals surface area contributed by atoms with Gasteiger partial charge in [-0.3, -0.25) is 0 Å². The average Bonchev–Trinajstić information content (AvgIpc) is 2.58. The van der Waals surface area contributed by atoms with Crippen molar-refractivity contribution in [3.05, 3.63) is 23.3 Å². The molecule has 1 aliphatic carbocycles. The molecule has 1 fully saturated rings. The van der Waals surface area contributed by atoms with E-state index in [1.165, 1.54) is 0 Å². The van der Waals surface area contributed by atoms with E-state index in [1.54, 1.807) is 26.0 Å². The van der Waals surface area contributed by atoms with E-state index >= 15 is 0 Å². The van der Waals surface area contributed by atoms with Crippen LogP contribution in [-0.2, 0) is 10.0 Å². The van der Waals surface area contributed by atoms with E-state index in [2.05, 4.69) is 32.4 Å². The summed E-state index contributed by atoms with van der Waals surface area (Å²) in [4.78, 5) is 0.352. The highest BCUT2D eigenvalue weighted by atomic mass is 32.2. The van der Waals surface area contributed by atoms with Crippen molar-refractivity contribution in [2.75, 3.05) is 5.73 Å². The van der Waals surface area contributed by atoms with Gasteiger partial charge in [0.25, 0.3) is 0 Å². The van der Waals surface area contributed by atoms with Gasteiger partial charge in [-0.2, -0.15) is 0 Å². The second kappa shape index (κ2) is 4.21. The normalized spacial score (nSPS) is 20.9. The first kappa shape index (κ1) is 15.3. The highest BCUT2D eigenvalue weighted by Crippen LogP contribution is 2.63. The highest BCUT2D eigenvalue weighted by Gasteiger charge is 2.66. The Morgan fingerprint density at radius 3 is 1.80 bits per heavy atom. The van der Waals surface area contributed by atoms with Crippen LogP contribution in [0.15, 0.2) is 17.0 Å². The molecule has 112 valence electrons. The molecular weight excluding hydrogens is 272 g/mol. The fraction of sp³-hybridized carbons (Fsp3) is 0.600. The third kappa shape index (κ3) is 2.13. The summed E-state index contributed by atoms with van der Waals surface area (Å²) in [7, 11) is -3.52. The van der Waals surface area contributed by atoms with E-state index in [9.17, 15) is 8.42 Å². The van der Waals surface area contributed by atoms with Gasteiger partial charge in [-0.05, 0) is 47.9 Å². The van der Waals surface area contributed by atoms with Gasteiger partial charge in [-0.25, -0.2) is 13.1 Å². The Kier molecular flexibility index (Phi) is 3.23. The molecule has 0 heterocycles. The van der Waals surface area contributed by atoms with Crippen LogP contribution in [0.25, 0.3) is 0 Å². The van der Waals surface area contributed by atoms with E-state index in [0.717, 1.165) is 0 Å². The van der Waals surface area contributed by atoms with Gasteiger partial charge in [0.15, 0.2) is 0 Å². The molecule has 0 saturated heterocycles. The zero-order valence-electron chi connectivity index (χ0n) is 13.0. The molecule has 20 heavy (non-hydrogen) atoms. The van der Waals surface area contributed by atoms with Crippen LogP contribution in [0.2, 0.25) is 0 Å². The molecule has 0 amide bonds. The van der Waals surface area contributed by atoms with Gasteiger partial charge in [0.2, 0.25) is 10.0 Å². The van der Waals surface area contributed by atoms with Crippen molar-refractivity contribution in [1.82, 2.24) is 4.72 Å². The molecule has 0 aliphatic heterocycles. The molecule has 5 heteroatoms. The third-order valence-corrected chi connectivity index (χ3v) is 6.77. The van der Waals surface area contributed by atoms with Crippen LogP contribution in [0.1, 0.15) is 38.8 Å². The van der Waals surface area contributed by atoms with Gasteiger partial charge in [-0.1, -0.05) is 27.7 Å². The van der Waals surface area contributed by atoms with Gasteiger partial charge < -0.3 is 5.73 Å². The Hall–Kier alpha value is -1.07. The van der Waals surface area contributed by atoms with Crippen LogP contribution >= 0.6 is 0 Å². The molecule has 0 unspecified atom stereocenters. The maximum Gasteiger partial charge on any atom is 0.241 e. The molecule has 1 aromatic carbocycles. The first-order valence-electron chi connectivity index (χ1n) is 6.80. The number of nitrogens with one attached hydrogen (secondary N) is 1. The smallest absolute Gasteiger partial charge is 0.241 e. The molecule has 0 aromatic heterocycles. The Bertz CT molecular complexity index is 623. The number of nitrogen functional groups attached to an aromatic ring is 1. The number of nitrogens with two attached hydrogens (primary N) is 1. The quantitative estimate of drug-likeness (QED) is 0.842. The molecule has 0 bridgehead atoms. The van der Waals surface area contributed by atoms with Crippen molar-refractivity contribution in [2.24, 2.45) is 10.8 Å². The van der Waals surface area contributed by atoms with Gasteiger partial charge >= 0.3 is 0 Å². The van der Waals surface area contributed by atoms with Crippen molar-refractivity contribution >= 4 is 15.7 Å². The molecule has 2 rings (SSSR count). The van der Waals surface area contributed by atoms with Crippen molar-refractivity contribution in [3.8, 4) is 0 Å². The number of rotatable bonds is 3. The molecule has 0 radical (unpaired) electrons. The molecule has 3 N–H and O–H groups in total. The summed E-state index contributed by atoms with van der Waals surface area (Å²) in [5, 5.41) is 0. The third-order valence-electron chi connectivity index (χ3n) is 5.05. The highest BCUT2D eigenvalue weighted by molar-refractivity contribution is 7.89. The number of benzene rings is 1. The molecule has 4 nitrogen and oxygen atoms in total. The summed E-state index contributed by atoms with van der Waals surface area (Å²) in [5.41, 5.74) is 7.65. The summed E-state index contributed by atoms with van der Waals surface area (Å²) >= 11 is 0. The average molecular weight is 296 g/mol. The zero-order valence-corrected chi connectivity index (χ0v) is 13.9. The second-order valence-corrected chi connectivity index (χ2v) is 8.63. The van der Waals surface area contributed by atoms with Gasteiger partial charge in [-0.15, -0.1) is 0 Å². The maximum atomic E-state index is 12.7. The standard InChI is InChI=1S/C15H24N2O2S/c1-9-7-11(16)8-10(2)12(9)20(18,19)17-13-14(3,4)15(13,5)6/h7-8,13,17H,16H2,1-6H3. The van der Waals surface area contributed by atoms with Gasteiger partial charge in [0.1, 0.15) is 0 Å². The van der Waals surface area contributed by atoms with E-state index in [1.807, 2.05) is 0 Å². The molecule has 1 aromatic rings. The number of sulfonamides is 1. The fourth-order valence-corrected chi connectivity index (χ4v) is 5.10. The van der Waals surface area contributed by atoms with Crippen LogP contribution < -0.4 is 10.5 Å². The first-order chi connectivity index (χ1) is 8.91. The molecule has 1 aliphatic rings. The lowest BCUT2D eigenvalue weighted by atomic mass is 10.0. The lowest BCUT2D eigenvalue weighted by Gasteiger charge is -2.14. The summed E-state index contributed by atoms with van der Waals surface area (Å²) in [6.07, 6.45) is 0. The SMILES string of the molecule is Cc1cc(N)cc(C)c1S(=O)(=O)NC1C(C)(C)C1(C)C. The first-order valence-corrected chi connectivity index (χ1v) is 8.28. The number of hydrogen-bond acceptors (Lipinski definition) is 3. The number of aryl methyl sites for hydroxylation is 2. The van der Waals surface area contributed by atoms with E-state index in [-0.39, 0.29) is 16.9 Å². The van der Waals surface area contributed by atoms with Crippen LogP contribution in [0, 0.1) is 24.7 Å². The second-order valence-electron chi connectivity index (χ2n) is 6.98. The van der Waals surface area contributed by atoms with Crippen molar-refractivity contribution in [1.29, 1.82) is 0 Å². The van der Waals surface area contributed by atoms with Crippen LogP contribution in [0.4, 0.5) is 5.69 Å². The Morgan fingerprint density at radius 1 is 1.05 bits per heavy atom. The minimum Gasteiger partial charge on any atom is -0.399 e. The Balaban J connectivity index is 2.39. The summed E-state index contributed by atoms with van der Waals surface area (Å²) in [6.45, 7) is 11.9. The summed E-state index contributed by atoms with van der Waals surface area (Å²) in [5.74, 6) is 0. The van der Waals surface area contributed by atoms with E-state index in [0.29, 0.717) is 21.7 Å². The number of hydrogen-bond donors (Lipinski definition) is 2. The van der Waals surface area contributed by atoms with Crippen LogP contribution in [-0.4, -0.2) is 14.5 Å². The monoisotopic (exact) mass is 296 g/mol. The maximum absolute atomic E-state index is 12.7. The molecule has 1 saturated carbocycles. The summed E-state index contributed by atoms with van der Waals surface area (Å²) < 4.78 is 28.2. The predicted molar refractivity (Wildman–Crippen MR) is 82.0 cm³/mol. The summed E-state index contributed by atoms with van der Waals surface area (Å²) in [6, 6.07) is 3.35. The Labute approximate surface area is 121 Å². The Morgan fingerprint density at radius 2 is 1.45 bits per heavy atom. The van der Waals surface area contributed by atoms with Gasteiger partial charge in [0, 0.05) is 11.7 Å². The minimum atomic E-state index is -3.52. The fourth-order valence-electron chi connectivity index (χ4n) is 3.11. The lowest BCUT2D eigenvalue weighted by Crippen LogP contribution is -2.31. The topological polar surface area (TPSA) is 72.2 Å². The minimum absolute atomic E-state index is 0.0321.